The van der Waals surface area contributed by atoms with Gasteiger partial charge in [-0.05, 0) is 6.42 Å². The summed E-state index contributed by atoms with van der Waals surface area (Å²) in [7, 11) is 0. The summed E-state index contributed by atoms with van der Waals surface area (Å²) in [6.45, 7) is 3.11. The fourth-order valence-corrected chi connectivity index (χ4v) is 2.71. The molecule has 0 bridgehead atoms. The average Bonchev–Trinajstić information content (AvgIpc) is 2.77. The van der Waals surface area contributed by atoms with E-state index < -0.39 is 0 Å². The van der Waals surface area contributed by atoms with E-state index in [1.165, 1.54) is 75.7 Å². The maximum absolute atomic E-state index is 11.2. The summed E-state index contributed by atoms with van der Waals surface area (Å²) in [6.07, 6.45) is 14.7. The molecule has 0 unspecified atom stereocenters. The molecule has 1 rings (SSSR count). The van der Waals surface area contributed by atoms with Gasteiger partial charge in [0, 0.05) is 18.3 Å². The fourth-order valence-electron chi connectivity index (χ4n) is 2.12. The van der Waals surface area contributed by atoms with Gasteiger partial charge in [-0.1, -0.05) is 64.7 Å². The van der Waals surface area contributed by atoms with Crippen LogP contribution < -0.4 is 5.56 Å². The second-order valence-corrected chi connectivity index (χ2v) is 5.75. The average molecular weight is 270 g/mol. The predicted octanol–water partition coefficient (Wildman–Crippen LogP) is 4.23. The van der Waals surface area contributed by atoms with E-state index in [-0.39, 0.29) is 5.56 Å². The van der Waals surface area contributed by atoms with Crippen LogP contribution in [0.1, 0.15) is 71.1 Å². The molecule has 0 saturated heterocycles. The van der Waals surface area contributed by atoms with E-state index in [1.807, 2.05) is 0 Å². The van der Waals surface area contributed by atoms with Gasteiger partial charge in [0.15, 0.2) is 0 Å². The van der Waals surface area contributed by atoms with Crippen LogP contribution in [0.2, 0.25) is 0 Å². The van der Waals surface area contributed by atoms with Crippen molar-refractivity contribution in [3.05, 3.63) is 16.6 Å². The summed E-state index contributed by atoms with van der Waals surface area (Å²) in [5, 5.41) is 0. The van der Waals surface area contributed by atoms with Crippen LogP contribution in [0, 0.1) is 0 Å². The van der Waals surface area contributed by atoms with E-state index in [9.17, 15) is 4.79 Å². The van der Waals surface area contributed by atoms with E-state index in [2.05, 4.69) is 11.3 Å². The van der Waals surface area contributed by atoms with Gasteiger partial charge in [-0.3, -0.25) is 4.79 Å². The molecule has 0 aliphatic rings. The van der Waals surface area contributed by atoms with E-state index in [0.29, 0.717) is 0 Å². The molecule has 0 amide bonds. The number of hydrogen-bond donors (Lipinski definition) is 0. The Morgan fingerprint density at radius 1 is 1.00 bits per heavy atom. The minimum Gasteiger partial charge on any atom is -0.267 e. The highest BCUT2D eigenvalue weighted by Crippen LogP contribution is 2.10. The molecular weight excluding hydrogens is 244 g/mol. The van der Waals surface area contributed by atoms with Crippen LogP contribution >= 0.6 is 11.7 Å². The molecule has 0 fully saturated rings. The molecule has 0 saturated carbocycles. The second kappa shape index (κ2) is 10.3. The first-order valence-corrected chi connectivity index (χ1v) is 8.09. The van der Waals surface area contributed by atoms with Crippen LogP contribution in [-0.4, -0.2) is 8.33 Å². The van der Waals surface area contributed by atoms with Crippen molar-refractivity contribution in [2.24, 2.45) is 0 Å². The largest absolute Gasteiger partial charge is 0.280 e. The molecule has 1 aromatic heterocycles. The van der Waals surface area contributed by atoms with E-state index in [1.54, 1.807) is 3.96 Å². The van der Waals surface area contributed by atoms with Crippen LogP contribution in [0.5, 0.6) is 0 Å². The third kappa shape index (κ3) is 6.94. The summed E-state index contributed by atoms with van der Waals surface area (Å²) in [6, 6.07) is 0. The van der Waals surface area contributed by atoms with Crippen LogP contribution in [0.4, 0.5) is 0 Å². The lowest BCUT2D eigenvalue weighted by molar-refractivity contribution is 0.540. The number of nitrogens with zero attached hydrogens (tertiary/aromatic N) is 2. The Kier molecular flexibility index (Phi) is 8.82. The van der Waals surface area contributed by atoms with Crippen LogP contribution in [0.3, 0.4) is 0 Å². The van der Waals surface area contributed by atoms with Gasteiger partial charge in [-0.25, -0.2) is 3.96 Å². The maximum atomic E-state index is 11.2. The first-order chi connectivity index (χ1) is 8.84. The zero-order valence-corrected chi connectivity index (χ0v) is 12.4. The van der Waals surface area contributed by atoms with Crippen LogP contribution in [-0.2, 0) is 6.54 Å². The molecule has 0 atom stereocenters. The Balaban J connectivity index is 1.84. The van der Waals surface area contributed by atoms with Crippen LogP contribution in [0.25, 0.3) is 0 Å². The van der Waals surface area contributed by atoms with Gasteiger partial charge in [-0.15, -0.1) is 0 Å². The Morgan fingerprint density at radius 3 is 2.06 bits per heavy atom. The quantitative estimate of drug-likeness (QED) is 0.564. The molecule has 0 radical (unpaired) electrons. The first-order valence-electron chi connectivity index (χ1n) is 7.36. The number of rotatable bonds is 11. The normalized spacial score (nSPS) is 10.9. The Bertz CT molecular complexity index is 346. The zero-order chi connectivity index (χ0) is 13.1. The van der Waals surface area contributed by atoms with E-state index in [0.717, 1.165) is 13.0 Å². The van der Waals surface area contributed by atoms with Gasteiger partial charge in [0.25, 0.3) is 5.56 Å². The van der Waals surface area contributed by atoms with Crippen molar-refractivity contribution in [2.45, 2.75) is 77.7 Å². The monoisotopic (exact) mass is 270 g/mol. The number of aromatic nitrogens is 2. The maximum Gasteiger partial charge on any atom is 0.280 e. The van der Waals surface area contributed by atoms with Crippen LogP contribution in [0.15, 0.2) is 11.0 Å². The number of hydrogen-bond acceptors (Lipinski definition) is 3. The van der Waals surface area contributed by atoms with Crippen molar-refractivity contribution in [3.63, 3.8) is 0 Å². The molecule has 18 heavy (non-hydrogen) atoms. The molecule has 1 aromatic rings. The SMILES string of the molecule is CCCCCCCCCCCCn1sncc1=O. The highest BCUT2D eigenvalue weighted by Gasteiger charge is 1.97. The van der Waals surface area contributed by atoms with Gasteiger partial charge < -0.3 is 0 Å². The molecule has 3 nitrogen and oxygen atoms in total. The Labute approximate surface area is 115 Å². The minimum absolute atomic E-state index is 0.0518. The molecule has 0 aliphatic carbocycles. The Hall–Kier alpha value is -0.640. The van der Waals surface area contributed by atoms with Gasteiger partial charge in [0.1, 0.15) is 6.20 Å². The summed E-state index contributed by atoms with van der Waals surface area (Å²) in [5.74, 6) is 0. The molecule has 1 heterocycles. The molecule has 0 spiro atoms. The molecule has 0 aliphatic heterocycles. The number of aryl methyl sites for hydroxylation is 1. The molecule has 4 heteroatoms. The zero-order valence-electron chi connectivity index (χ0n) is 11.6. The lowest BCUT2D eigenvalue weighted by atomic mass is 10.1. The van der Waals surface area contributed by atoms with E-state index in [4.69, 9.17) is 0 Å². The van der Waals surface area contributed by atoms with Gasteiger partial charge >= 0.3 is 0 Å². The summed E-state index contributed by atoms with van der Waals surface area (Å²) < 4.78 is 5.62. The van der Waals surface area contributed by atoms with Crippen molar-refractivity contribution in [2.75, 3.05) is 0 Å². The van der Waals surface area contributed by atoms with Crippen molar-refractivity contribution in [1.82, 2.24) is 8.33 Å². The van der Waals surface area contributed by atoms with Crippen molar-refractivity contribution in [1.29, 1.82) is 0 Å². The first kappa shape index (κ1) is 15.4. The van der Waals surface area contributed by atoms with Crippen molar-refractivity contribution >= 4 is 11.7 Å². The van der Waals surface area contributed by atoms with Gasteiger partial charge in [0.05, 0.1) is 0 Å². The summed E-state index contributed by atoms with van der Waals surface area (Å²) >= 11 is 1.28. The third-order valence-electron chi connectivity index (χ3n) is 3.27. The molecular formula is C14H26N2OS. The molecule has 0 N–H and O–H groups in total. The highest BCUT2D eigenvalue weighted by molar-refractivity contribution is 6.99. The predicted molar refractivity (Wildman–Crippen MR) is 78.2 cm³/mol. The topological polar surface area (TPSA) is 34.9 Å². The molecule has 104 valence electrons. The summed E-state index contributed by atoms with van der Waals surface area (Å²) in [5.41, 5.74) is 0.0518. The smallest absolute Gasteiger partial charge is 0.267 e. The number of unbranched alkanes of at least 4 members (excludes halogenated alkanes) is 9. The standard InChI is InChI=1S/C14H26N2OS/c1-2-3-4-5-6-7-8-9-10-11-12-16-14(17)13-15-18-16/h13H,2-12H2,1H3. The fraction of sp³-hybridized carbons (Fsp3) is 0.857. The highest BCUT2D eigenvalue weighted by atomic mass is 32.1. The van der Waals surface area contributed by atoms with Gasteiger partial charge in [0.2, 0.25) is 0 Å². The third-order valence-corrected chi connectivity index (χ3v) is 4.03. The lowest BCUT2D eigenvalue weighted by Crippen LogP contribution is -2.11. The van der Waals surface area contributed by atoms with Gasteiger partial charge in [-0.2, -0.15) is 4.37 Å². The second-order valence-electron chi connectivity index (χ2n) is 4.94. The molecule has 0 aromatic carbocycles. The van der Waals surface area contributed by atoms with E-state index >= 15 is 0 Å². The van der Waals surface area contributed by atoms with Crippen molar-refractivity contribution < 1.29 is 0 Å². The Morgan fingerprint density at radius 2 is 1.56 bits per heavy atom. The lowest BCUT2D eigenvalue weighted by Gasteiger charge is -2.02. The van der Waals surface area contributed by atoms with Crippen molar-refractivity contribution in [3.8, 4) is 0 Å². The minimum atomic E-state index is 0.0518. The summed E-state index contributed by atoms with van der Waals surface area (Å²) in [4.78, 5) is 11.2.